The molecule has 1 N–H and O–H groups in total. The Balaban J connectivity index is 1.71. The standard InChI is InChI=1S/C16H31NO/c1-16(2,3)14-5-4-6-15(8-7-14)17-11-13-9-10-18-12-13/h13-15,17H,4-12H2,1-3H3. The van der Waals surface area contributed by atoms with Crippen LogP contribution in [0.15, 0.2) is 0 Å². The van der Waals surface area contributed by atoms with E-state index in [0.717, 1.165) is 31.1 Å². The van der Waals surface area contributed by atoms with Crippen molar-refractivity contribution >= 4 is 0 Å². The molecule has 1 saturated heterocycles. The van der Waals surface area contributed by atoms with Crippen LogP contribution in [0.5, 0.6) is 0 Å². The fourth-order valence-electron chi connectivity index (χ4n) is 3.45. The summed E-state index contributed by atoms with van der Waals surface area (Å²) in [6.45, 7) is 10.3. The van der Waals surface area contributed by atoms with E-state index < -0.39 is 0 Å². The third-order valence-electron chi connectivity index (χ3n) is 4.91. The van der Waals surface area contributed by atoms with E-state index in [1.54, 1.807) is 0 Å². The molecule has 0 spiro atoms. The van der Waals surface area contributed by atoms with Crippen LogP contribution in [-0.4, -0.2) is 25.8 Å². The molecule has 0 aromatic rings. The molecule has 1 saturated carbocycles. The summed E-state index contributed by atoms with van der Waals surface area (Å²) >= 11 is 0. The van der Waals surface area contributed by atoms with Crippen LogP contribution in [0.1, 0.15) is 59.3 Å². The monoisotopic (exact) mass is 253 g/mol. The van der Waals surface area contributed by atoms with Gasteiger partial charge >= 0.3 is 0 Å². The molecule has 2 aliphatic rings. The first-order valence-electron chi connectivity index (χ1n) is 7.87. The van der Waals surface area contributed by atoms with Gasteiger partial charge in [0.25, 0.3) is 0 Å². The van der Waals surface area contributed by atoms with Crippen molar-refractivity contribution < 1.29 is 4.74 Å². The molecule has 0 radical (unpaired) electrons. The maximum Gasteiger partial charge on any atom is 0.0507 e. The predicted octanol–water partition coefficient (Wildman–Crippen LogP) is 3.61. The molecule has 106 valence electrons. The molecule has 3 atom stereocenters. The van der Waals surface area contributed by atoms with E-state index in [1.165, 1.54) is 45.1 Å². The Hall–Kier alpha value is -0.0800. The second-order valence-electron chi connectivity index (χ2n) is 7.41. The van der Waals surface area contributed by atoms with Crippen LogP contribution in [-0.2, 0) is 4.74 Å². The molecule has 2 nitrogen and oxygen atoms in total. The highest BCUT2D eigenvalue weighted by Crippen LogP contribution is 2.36. The lowest BCUT2D eigenvalue weighted by molar-refractivity contribution is 0.184. The normalized spacial score (nSPS) is 34.5. The second kappa shape index (κ2) is 6.38. The van der Waals surface area contributed by atoms with E-state index in [0.29, 0.717) is 5.41 Å². The highest BCUT2D eigenvalue weighted by atomic mass is 16.5. The first-order valence-corrected chi connectivity index (χ1v) is 7.87. The van der Waals surface area contributed by atoms with Gasteiger partial charge in [0.1, 0.15) is 0 Å². The minimum atomic E-state index is 0.494. The average Bonchev–Trinajstić information content (AvgIpc) is 2.69. The molecule has 0 bridgehead atoms. The fraction of sp³-hybridized carbons (Fsp3) is 1.00. The van der Waals surface area contributed by atoms with Crippen LogP contribution in [0.25, 0.3) is 0 Å². The van der Waals surface area contributed by atoms with Crippen molar-refractivity contribution in [1.29, 1.82) is 0 Å². The van der Waals surface area contributed by atoms with Gasteiger partial charge in [-0.1, -0.05) is 27.2 Å². The maximum atomic E-state index is 5.44. The number of rotatable bonds is 3. The van der Waals surface area contributed by atoms with Gasteiger partial charge in [-0.2, -0.15) is 0 Å². The summed E-state index contributed by atoms with van der Waals surface area (Å²) in [4.78, 5) is 0. The molecule has 18 heavy (non-hydrogen) atoms. The second-order valence-corrected chi connectivity index (χ2v) is 7.41. The number of hydrogen-bond donors (Lipinski definition) is 1. The molecule has 2 heteroatoms. The number of ether oxygens (including phenoxy) is 1. The third-order valence-corrected chi connectivity index (χ3v) is 4.91. The van der Waals surface area contributed by atoms with Gasteiger partial charge in [0.05, 0.1) is 6.61 Å². The minimum Gasteiger partial charge on any atom is -0.381 e. The van der Waals surface area contributed by atoms with Gasteiger partial charge in [0, 0.05) is 19.2 Å². The summed E-state index contributed by atoms with van der Waals surface area (Å²) in [6.07, 6.45) is 8.23. The van der Waals surface area contributed by atoms with Crippen molar-refractivity contribution in [2.24, 2.45) is 17.3 Å². The van der Waals surface area contributed by atoms with Crippen molar-refractivity contribution in [3.8, 4) is 0 Å². The first kappa shape index (κ1) is 14.3. The average molecular weight is 253 g/mol. The van der Waals surface area contributed by atoms with Gasteiger partial charge in [-0.3, -0.25) is 0 Å². The van der Waals surface area contributed by atoms with Gasteiger partial charge in [-0.05, 0) is 49.4 Å². The van der Waals surface area contributed by atoms with Gasteiger partial charge in [-0.15, -0.1) is 0 Å². The van der Waals surface area contributed by atoms with Crippen LogP contribution in [0.3, 0.4) is 0 Å². The fourth-order valence-corrected chi connectivity index (χ4v) is 3.45. The Labute approximate surface area is 113 Å². The van der Waals surface area contributed by atoms with Crippen LogP contribution in [0.4, 0.5) is 0 Å². The molecule has 0 aromatic heterocycles. The van der Waals surface area contributed by atoms with Crippen LogP contribution < -0.4 is 5.32 Å². The molecule has 0 amide bonds. The van der Waals surface area contributed by atoms with Gasteiger partial charge < -0.3 is 10.1 Å². The zero-order valence-corrected chi connectivity index (χ0v) is 12.5. The molecule has 2 fully saturated rings. The third kappa shape index (κ3) is 4.24. The maximum absolute atomic E-state index is 5.44. The lowest BCUT2D eigenvalue weighted by Gasteiger charge is -2.29. The lowest BCUT2D eigenvalue weighted by Crippen LogP contribution is -2.33. The van der Waals surface area contributed by atoms with Crippen LogP contribution >= 0.6 is 0 Å². The van der Waals surface area contributed by atoms with E-state index in [1.807, 2.05) is 0 Å². The van der Waals surface area contributed by atoms with Crippen LogP contribution in [0.2, 0.25) is 0 Å². The zero-order valence-electron chi connectivity index (χ0n) is 12.5. The summed E-state index contributed by atoms with van der Waals surface area (Å²) in [7, 11) is 0. The molecular weight excluding hydrogens is 222 g/mol. The molecule has 1 aliphatic carbocycles. The topological polar surface area (TPSA) is 21.3 Å². The lowest BCUT2D eigenvalue weighted by atomic mass is 9.76. The predicted molar refractivity (Wildman–Crippen MR) is 76.7 cm³/mol. The minimum absolute atomic E-state index is 0.494. The van der Waals surface area contributed by atoms with Crippen LogP contribution in [0, 0.1) is 17.3 Å². The summed E-state index contributed by atoms with van der Waals surface area (Å²) in [5, 5.41) is 3.80. The first-order chi connectivity index (χ1) is 8.55. The quantitative estimate of drug-likeness (QED) is 0.776. The summed E-state index contributed by atoms with van der Waals surface area (Å²) in [5.41, 5.74) is 0.494. The summed E-state index contributed by atoms with van der Waals surface area (Å²) in [6, 6.07) is 0.762. The van der Waals surface area contributed by atoms with E-state index in [4.69, 9.17) is 4.74 Å². The molecule has 1 heterocycles. The Morgan fingerprint density at radius 1 is 1.06 bits per heavy atom. The molecule has 0 aromatic carbocycles. The zero-order chi connectivity index (χ0) is 13.0. The van der Waals surface area contributed by atoms with Crippen molar-refractivity contribution in [2.75, 3.05) is 19.8 Å². The number of nitrogens with one attached hydrogen (secondary N) is 1. The largest absolute Gasteiger partial charge is 0.381 e. The number of hydrogen-bond acceptors (Lipinski definition) is 2. The summed E-state index contributed by atoms with van der Waals surface area (Å²) < 4.78 is 5.44. The van der Waals surface area contributed by atoms with Gasteiger partial charge in [0.15, 0.2) is 0 Å². The Bertz CT molecular complexity index is 240. The highest BCUT2D eigenvalue weighted by Gasteiger charge is 2.28. The van der Waals surface area contributed by atoms with E-state index >= 15 is 0 Å². The van der Waals surface area contributed by atoms with Crippen molar-refractivity contribution in [3.63, 3.8) is 0 Å². The highest BCUT2D eigenvalue weighted by molar-refractivity contribution is 4.82. The Morgan fingerprint density at radius 2 is 1.89 bits per heavy atom. The smallest absolute Gasteiger partial charge is 0.0507 e. The Morgan fingerprint density at radius 3 is 2.56 bits per heavy atom. The van der Waals surface area contributed by atoms with Crippen molar-refractivity contribution in [3.05, 3.63) is 0 Å². The van der Waals surface area contributed by atoms with E-state index in [2.05, 4.69) is 26.1 Å². The summed E-state index contributed by atoms with van der Waals surface area (Å²) in [5.74, 6) is 1.69. The van der Waals surface area contributed by atoms with Crippen molar-refractivity contribution in [2.45, 2.75) is 65.3 Å². The molecule has 1 aliphatic heterocycles. The van der Waals surface area contributed by atoms with Gasteiger partial charge in [0.2, 0.25) is 0 Å². The van der Waals surface area contributed by atoms with E-state index in [-0.39, 0.29) is 0 Å². The van der Waals surface area contributed by atoms with Gasteiger partial charge in [-0.25, -0.2) is 0 Å². The van der Waals surface area contributed by atoms with Crippen molar-refractivity contribution in [1.82, 2.24) is 5.32 Å². The molecule has 2 rings (SSSR count). The molecule has 3 unspecified atom stereocenters. The van der Waals surface area contributed by atoms with E-state index in [9.17, 15) is 0 Å². The Kier molecular flexibility index (Phi) is 5.08. The SMILES string of the molecule is CC(C)(C)C1CCCC(NCC2CCOC2)CC1. The molecular formula is C16H31NO.